The molecule has 24 N–H and O–H groups in total. The molecule has 7 fully saturated rings. The highest BCUT2D eigenvalue weighted by atomic mass is 16.8. The minimum absolute atomic E-state index is 0.164. The van der Waals surface area contributed by atoms with Crippen molar-refractivity contribution >= 4 is 17.7 Å². The van der Waals surface area contributed by atoms with Gasteiger partial charge >= 0.3 is 0 Å². The predicted octanol–water partition coefficient (Wildman–Crippen LogP) is -3.82. The highest BCUT2D eigenvalue weighted by Crippen LogP contribution is 2.39. The van der Waals surface area contributed by atoms with Crippen molar-refractivity contribution in [3.8, 4) is 0 Å². The third-order valence-electron chi connectivity index (χ3n) is 24.3. The summed E-state index contributed by atoms with van der Waals surface area (Å²) in [6.07, 6.45) is -29.3. The molecule has 41 heteroatoms. The third kappa shape index (κ3) is 32.3. The van der Waals surface area contributed by atoms with E-state index in [0.717, 1.165) is 65.2 Å². The Balaban J connectivity index is 0.979. The second-order valence-electron chi connectivity index (χ2n) is 34.2. The summed E-state index contributed by atoms with van der Waals surface area (Å²) in [6, 6.07) is -4.83. The van der Waals surface area contributed by atoms with Crippen LogP contribution in [0.4, 0.5) is 0 Å². The summed E-state index contributed by atoms with van der Waals surface area (Å²) in [6.45, 7) is -1.23. The number of carbonyl (C=O) groups excluding carboxylic acids is 3. The van der Waals surface area contributed by atoms with Gasteiger partial charge in [-0.2, -0.15) is 0 Å². The topological polar surface area (TPSA) is 641 Å². The second kappa shape index (κ2) is 57.4. The Morgan fingerprint density at radius 3 is 0.936 bits per heavy atom. The lowest BCUT2D eigenvalue weighted by Crippen LogP contribution is -2.71. The third-order valence-corrected chi connectivity index (χ3v) is 24.3. The molecular formula is C84H151N3O38. The van der Waals surface area contributed by atoms with Crippen molar-refractivity contribution in [2.45, 2.75) is 447 Å². The SMILES string of the molecule is CCCCCCCCCCCCC/C=C/[C@@H](O)[C@H](CO[C@@H]1OC(CO)[C@@H](O[C@@H]2OC(CO)[C@H](O)[C@H](O[C@@H]3OC(CO)[C@@H](O[C@@H]4OC(CO)[C@H](O)[C@H](O[C@@H]5OC(CO)[C@@H](O[C@@H]6OC(CO)[C@H](O)[C@H](O[C@H]7OC(CO)[C@H](O)[C@H](O)C7O)C6O)[C@H](O)C5NC(C)=O)C4O)[C@H](O)C3NC(C)=O)C2O)[C@H](O)C1O)NC(=O)CCCCCCCCCCCCCCCCCCC. The van der Waals surface area contributed by atoms with Gasteiger partial charge in [0, 0.05) is 20.3 Å². The van der Waals surface area contributed by atoms with Gasteiger partial charge in [-0.05, 0) is 19.3 Å². The lowest BCUT2D eigenvalue weighted by Gasteiger charge is -2.51. The minimum Gasteiger partial charge on any atom is -0.394 e. The number of unbranched alkanes of at least 4 members (excludes halogenated alkanes) is 27. The zero-order chi connectivity index (χ0) is 91.4. The summed E-state index contributed by atoms with van der Waals surface area (Å²) >= 11 is 0. The van der Waals surface area contributed by atoms with Gasteiger partial charge in [0.1, 0.15) is 171 Å². The number of nitrogens with one attached hydrogen (secondary N) is 3. The smallest absolute Gasteiger partial charge is 0.220 e. The molecule has 0 bridgehead atoms. The van der Waals surface area contributed by atoms with Crippen molar-refractivity contribution in [1.82, 2.24) is 16.0 Å². The van der Waals surface area contributed by atoms with Crippen LogP contribution in [0.25, 0.3) is 0 Å². The van der Waals surface area contributed by atoms with E-state index in [2.05, 4.69) is 29.8 Å². The first-order chi connectivity index (χ1) is 60.1. The van der Waals surface area contributed by atoms with E-state index in [4.69, 9.17) is 66.3 Å². The molecule has 37 atom stereocenters. The lowest BCUT2D eigenvalue weighted by molar-refractivity contribution is -0.389. The van der Waals surface area contributed by atoms with Crippen LogP contribution >= 0.6 is 0 Å². The Kier molecular flexibility index (Phi) is 49.9. The number of aliphatic hydroxyl groups is 21. The Morgan fingerprint density at radius 1 is 0.312 bits per heavy atom. The molecule has 0 aromatic carbocycles. The predicted molar refractivity (Wildman–Crippen MR) is 436 cm³/mol. The van der Waals surface area contributed by atoms with E-state index in [9.17, 15) is 122 Å². The number of hydrogen-bond acceptors (Lipinski definition) is 38. The van der Waals surface area contributed by atoms with E-state index in [1.54, 1.807) is 6.08 Å². The van der Waals surface area contributed by atoms with Gasteiger partial charge < -0.3 is 190 Å². The molecule has 0 saturated carbocycles. The van der Waals surface area contributed by atoms with E-state index in [1.165, 1.54) is 122 Å². The first-order valence-electron chi connectivity index (χ1n) is 45.5. The summed E-state index contributed by atoms with van der Waals surface area (Å²) in [5, 5.41) is 242. The summed E-state index contributed by atoms with van der Waals surface area (Å²) in [5.41, 5.74) is 0. The number of amides is 3. The van der Waals surface area contributed by atoms with Crippen molar-refractivity contribution in [1.29, 1.82) is 0 Å². The summed E-state index contributed by atoms with van der Waals surface area (Å²) < 4.78 is 82.5. The van der Waals surface area contributed by atoms with Gasteiger partial charge in [-0.15, -0.1) is 0 Å². The zero-order valence-corrected chi connectivity index (χ0v) is 72.7. The van der Waals surface area contributed by atoms with E-state index >= 15 is 0 Å². The number of hydrogen-bond donors (Lipinski definition) is 24. The number of carbonyl (C=O) groups is 3. The number of ether oxygens (including phenoxy) is 14. The Morgan fingerprint density at radius 2 is 0.592 bits per heavy atom. The highest BCUT2D eigenvalue weighted by Gasteiger charge is 2.60. The van der Waals surface area contributed by atoms with Crippen LogP contribution in [-0.2, 0) is 80.7 Å². The molecule has 730 valence electrons. The van der Waals surface area contributed by atoms with E-state index in [-0.39, 0.29) is 12.3 Å². The maximum absolute atomic E-state index is 13.6. The molecule has 41 nitrogen and oxygen atoms in total. The van der Waals surface area contributed by atoms with Gasteiger partial charge in [0.2, 0.25) is 17.7 Å². The van der Waals surface area contributed by atoms with Crippen molar-refractivity contribution in [3.63, 3.8) is 0 Å². The molecule has 7 aliphatic heterocycles. The summed E-state index contributed by atoms with van der Waals surface area (Å²) in [4.78, 5) is 39.5. The molecule has 0 aliphatic carbocycles. The molecule has 0 aromatic rings. The fraction of sp³-hybridized carbons (Fsp3) is 0.940. The molecule has 0 aromatic heterocycles. The quantitative estimate of drug-likeness (QED) is 0.0205. The Labute approximate surface area is 731 Å². The number of allylic oxidation sites excluding steroid dienone is 1. The molecular weight excluding hydrogens is 1660 g/mol. The molecule has 0 spiro atoms. The lowest BCUT2D eigenvalue weighted by atomic mass is 9.93. The summed E-state index contributed by atoms with van der Waals surface area (Å²) in [7, 11) is 0. The van der Waals surface area contributed by atoms with Crippen molar-refractivity contribution in [3.05, 3.63) is 12.2 Å². The monoisotopic (exact) mass is 1810 g/mol. The van der Waals surface area contributed by atoms with Crippen LogP contribution in [0.3, 0.4) is 0 Å². The Bertz CT molecular complexity index is 2970. The van der Waals surface area contributed by atoms with Crippen LogP contribution in [0, 0.1) is 0 Å². The van der Waals surface area contributed by atoms with Gasteiger partial charge in [0.25, 0.3) is 0 Å². The average molecular weight is 1810 g/mol. The van der Waals surface area contributed by atoms with Crippen LogP contribution < -0.4 is 16.0 Å². The molecule has 7 rings (SSSR count). The molecule has 125 heavy (non-hydrogen) atoms. The number of rotatable bonds is 57. The van der Waals surface area contributed by atoms with Gasteiger partial charge in [-0.25, -0.2) is 0 Å². The molecule has 7 saturated heterocycles. The first-order valence-corrected chi connectivity index (χ1v) is 45.5. The van der Waals surface area contributed by atoms with Crippen LogP contribution in [0.2, 0.25) is 0 Å². The minimum atomic E-state index is -2.31. The molecule has 7 aliphatic rings. The zero-order valence-electron chi connectivity index (χ0n) is 72.7. The maximum atomic E-state index is 13.6. The molecule has 0 radical (unpaired) electrons. The maximum Gasteiger partial charge on any atom is 0.220 e. The van der Waals surface area contributed by atoms with E-state index in [1.807, 2.05) is 6.08 Å². The molecule has 7 heterocycles. The van der Waals surface area contributed by atoms with Crippen LogP contribution in [0.15, 0.2) is 12.2 Å². The van der Waals surface area contributed by atoms with Crippen molar-refractivity contribution < 1.29 is 188 Å². The normalized spacial score (nSPS) is 38.3. The second-order valence-corrected chi connectivity index (χ2v) is 34.2. The highest BCUT2D eigenvalue weighted by molar-refractivity contribution is 5.76. The Hall–Kier alpha value is -3.25. The fourth-order valence-electron chi connectivity index (χ4n) is 16.9. The van der Waals surface area contributed by atoms with Gasteiger partial charge in [0.15, 0.2) is 44.0 Å². The van der Waals surface area contributed by atoms with Crippen LogP contribution in [-0.4, -0.2) is 405 Å². The van der Waals surface area contributed by atoms with Crippen molar-refractivity contribution in [2.24, 2.45) is 0 Å². The van der Waals surface area contributed by atoms with E-state index in [0.29, 0.717) is 12.8 Å². The van der Waals surface area contributed by atoms with E-state index < -0.39 is 292 Å². The standard InChI is InChI=1S/C84H151N3O38/c1-5-7-9-11-13-15-17-19-20-21-22-24-26-28-30-32-34-36-56(98)87-47(48(97)35-33-31-29-27-25-23-18-16-14-12-10-8-6-2)44-112-80-68(108)66(106)74(55(43-94)119-80)122-84-70(110)76(61(101)51(39-90)116-84)124-79-57(85-45(3)95)63(103)72(53(41-92)117-79)120-82-69(109)75(60(100)50(38-89)114-82)123-78-58(86-46(4)96)64(104)73(54(42-93)118-78)121-83-71(111)77(62(102)52(40-91)115-83)125-81-67(107)65(105)59(99)49(37-88)113-81/h33,35,47-55,57-84,88-94,97,99-111H,5-32,34,36-44H2,1-4H3,(H,85,95)(H,86,96)(H,87,98)/b35-33+/t47-,48+,49?,50?,51?,52?,53?,54?,55?,57?,58?,59-,60-,61-,62-,63+,64+,65-,66+,67?,68?,69?,70?,71?,72+,73+,74+,75-,76-,77-,78-,79-,80+,81+,82-,83-,84-/m0/s1. The molecule has 3 amide bonds. The van der Waals surface area contributed by atoms with Crippen molar-refractivity contribution in [2.75, 3.05) is 52.9 Å². The van der Waals surface area contributed by atoms with Gasteiger partial charge in [-0.3, -0.25) is 14.4 Å². The molecule has 14 unspecified atom stereocenters. The number of aliphatic hydroxyl groups excluding tert-OH is 21. The first kappa shape index (κ1) is 109. The van der Waals surface area contributed by atoms with Crippen LogP contribution in [0.5, 0.6) is 0 Å². The van der Waals surface area contributed by atoms with Gasteiger partial charge in [0.05, 0.1) is 65.0 Å². The summed E-state index contributed by atoms with van der Waals surface area (Å²) in [5.74, 6) is -2.14. The van der Waals surface area contributed by atoms with Crippen LogP contribution in [0.1, 0.15) is 220 Å². The average Bonchev–Trinajstić information content (AvgIpc) is 0.764. The largest absolute Gasteiger partial charge is 0.394 e. The van der Waals surface area contributed by atoms with Gasteiger partial charge in [-0.1, -0.05) is 193 Å². The fourth-order valence-corrected chi connectivity index (χ4v) is 16.9.